The standard InChI is InChI=1S/C20H18N6O2/c1-4-9-21-20(28)18-12(3)24-26-17(27)10-15(23-19(18)26)13-7-6-8-16-14(13)11-22-25(16)5-2/h1,6-8,10-11,24H,5,9H2,2-3H3,(H,21,28). The first kappa shape index (κ1) is 17.5. The van der Waals surface area contributed by atoms with Crippen molar-refractivity contribution in [2.75, 3.05) is 6.54 Å². The smallest absolute Gasteiger partial charge is 0.273 e. The zero-order valence-corrected chi connectivity index (χ0v) is 15.5. The number of nitrogens with one attached hydrogen (secondary N) is 2. The maximum absolute atomic E-state index is 12.7. The van der Waals surface area contributed by atoms with Gasteiger partial charge in [-0.2, -0.15) is 5.10 Å². The van der Waals surface area contributed by atoms with Crippen molar-refractivity contribution >= 4 is 22.5 Å². The molecule has 0 bridgehead atoms. The molecule has 3 aromatic heterocycles. The second-order valence-corrected chi connectivity index (χ2v) is 6.34. The van der Waals surface area contributed by atoms with E-state index in [0.29, 0.717) is 17.0 Å². The zero-order valence-electron chi connectivity index (χ0n) is 15.5. The summed E-state index contributed by atoms with van der Waals surface area (Å²) in [6.45, 7) is 4.55. The number of terminal acetylenes is 1. The summed E-state index contributed by atoms with van der Waals surface area (Å²) < 4.78 is 3.14. The molecule has 3 heterocycles. The van der Waals surface area contributed by atoms with Crippen LogP contribution in [0.5, 0.6) is 0 Å². The Morgan fingerprint density at radius 3 is 2.96 bits per heavy atom. The summed E-state index contributed by atoms with van der Waals surface area (Å²) in [5, 5.41) is 10.8. The van der Waals surface area contributed by atoms with Crippen molar-refractivity contribution in [3.8, 4) is 23.6 Å². The van der Waals surface area contributed by atoms with E-state index in [-0.39, 0.29) is 23.7 Å². The van der Waals surface area contributed by atoms with Crippen molar-refractivity contribution in [3.63, 3.8) is 0 Å². The van der Waals surface area contributed by atoms with E-state index in [2.05, 4.69) is 26.4 Å². The van der Waals surface area contributed by atoms with Crippen LogP contribution in [0.3, 0.4) is 0 Å². The summed E-state index contributed by atoms with van der Waals surface area (Å²) in [4.78, 5) is 29.8. The van der Waals surface area contributed by atoms with Gasteiger partial charge in [0.2, 0.25) is 0 Å². The minimum Gasteiger partial charge on any atom is -0.341 e. The van der Waals surface area contributed by atoms with Crippen molar-refractivity contribution < 1.29 is 4.79 Å². The highest BCUT2D eigenvalue weighted by atomic mass is 16.2. The number of benzene rings is 1. The number of hydrogen-bond donors (Lipinski definition) is 2. The van der Waals surface area contributed by atoms with E-state index in [0.717, 1.165) is 23.0 Å². The van der Waals surface area contributed by atoms with Gasteiger partial charge in [0.1, 0.15) is 5.56 Å². The topological polar surface area (TPSA) is 97.1 Å². The van der Waals surface area contributed by atoms with Crippen molar-refractivity contribution in [2.24, 2.45) is 0 Å². The van der Waals surface area contributed by atoms with Gasteiger partial charge in [-0.05, 0) is 19.9 Å². The van der Waals surface area contributed by atoms with Crippen LogP contribution >= 0.6 is 0 Å². The molecule has 2 N–H and O–H groups in total. The average Bonchev–Trinajstić information content (AvgIpc) is 3.26. The number of nitrogens with zero attached hydrogens (tertiary/aromatic N) is 4. The van der Waals surface area contributed by atoms with Gasteiger partial charge in [0, 0.05) is 29.3 Å². The molecule has 0 spiro atoms. The van der Waals surface area contributed by atoms with Gasteiger partial charge in [0.15, 0.2) is 5.65 Å². The Hall–Kier alpha value is -3.86. The molecular weight excluding hydrogens is 356 g/mol. The lowest BCUT2D eigenvalue weighted by Crippen LogP contribution is -2.24. The first-order chi connectivity index (χ1) is 13.5. The fourth-order valence-electron chi connectivity index (χ4n) is 3.36. The Bertz CT molecular complexity index is 1320. The fourth-order valence-corrected chi connectivity index (χ4v) is 3.36. The van der Waals surface area contributed by atoms with E-state index in [9.17, 15) is 9.59 Å². The van der Waals surface area contributed by atoms with Crippen LogP contribution in [-0.2, 0) is 6.54 Å². The molecule has 140 valence electrons. The number of fused-ring (bicyclic) bond motifs is 2. The van der Waals surface area contributed by atoms with Gasteiger partial charge in [0.25, 0.3) is 11.5 Å². The van der Waals surface area contributed by atoms with E-state index in [1.54, 1.807) is 13.1 Å². The first-order valence-electron chi connectivity index (χ1n) is 8.84. The maximum Gasteiger partial charge on any atom is 0.273 e. The van der Waals surface area contributed by atoms with Gasteiger partial charge < -0.3 is 5.32 Å². The maximum atomic E-state index is 12.7. The summed E-state index contributed by atoms with van der Waals surface area (Å²) in [5.41, 5.74) is 3.01. The molecule has 28 heavy (non-hydrogen) atoms. The summed E-state index contributed by atoms with van der Waals surface area (Å²) in [5.74, 6) is 1.98. The number of rotatable bonds is 4. The fraction of sp³-hybridized carbons (Fsp3) is 0.200. The summed E-state index contributed by atoms with van der Waals surface area (Å²) in [7, 11) is 0. The van der Waals surface area contributed by atoms with Crippen LogP contribution in [0.1, 0.15) is 23.0 Å². The molecule has 0 fully saturated rings. The zero-order chi connectivity index (χ0) is 19.8. The molecule has 0 unspecified atom stereocenters. The normalized spacial score (nSPS) is 11.0. The van der Waals surface area contributed by atoms with E-state index in [1.807, 2.05) is 29.8 Å². The Morgan fingerprint density at radius 1 is 1.39 bits per heavy atom. The minimum atomic E-state index is -0.379. The monoisotopic (exact) mass is 374 g/mol. The Balaban J connectivity index is 1.95. The van der Waals surface area contributed by atoms with Crippen LogP contribution < -0.4 is 10.9 Å². The molecule has 0 aliphatic heterocycles. The third kappa shape index (κ3) is 2.65. The van der Waals surface area contributed by atoms with Crippen LogP contribution in [0.2, 0.25) is 0 Å². The number of amides is 1. The summed E-state index contributed by atoms with van der Waals surface area (Å²) >= 11 is 0. The molecule has 0 atom stereocenters. The molecule has 0 aliphatic rings. The minimum absolute atomic E-state index is 0.0923. The number of aromatic amines is 1. The number of hydrogen-bond acceptors (Lipinski definition) is 4. The first-order valence-corrected chi connectivity index (χ1v) is 8.84. The lowest BCUT2D eigenvalue weighted by atomic mass is 10.1. The molecule has 8 nitrogen and oxygen atoms in total. The van der Waals surface area contributed by atoms with Gasteiger partial charge in [-0.25, -0.2) is 9.50 Å². The highest BCUT2D eigenvalue weighted by Gasteiger charge is 2.20. The predicted molar refractivity (Wildman–Crippen MR) is 106 cm³/mol. The third-order valence-electron chi connectivity index (χ3n) is 4.64. The van der Waals surface area contributed by atoms with Crippen molar-refractivity contribution in [2.45, 2.75) is 20.4 Å². The van der Waals surface area contributed by atoms with Crippen LogP contribution in [-0.4, -0.2) is 36.8 Å². The number of carbonyl (C=O) groups excluding carboxylic acids is 1. The van der Waals surface area contributed by atoms with Crippen LogP contribution in [0.25, 0.3) is 27.8 Å². The largest absolute Gasteiger partial charge is 0.341 e. The van der Waals surface area contributed by atoms with E-state index in [1.165, 1.54) is 10.6 Å². The molecule has 0 aliphatic carbocycles. The van der Waals surface area contributed by atoms with E-state index >= 15 is 0 Å². The summed E-state index contributed by atoms with van der Waals surface area (Å²) in [6.07, 6.45) is 6.98. The highest BCUT2D eigenvalue weighted by molar-refractivity contribution is 6.01. The quantitative estimate of drug-likeness (QED) is 0.532. The van der Waals surface area contributed by atoms with Crippen molar-refractivity contribution in [3.05, 3.63) is 52.1 Å². The van der Waals surface area contributed by atoms with E-state index < -0.39 is 0 Å². The van der Waals surface area contributed by atoms with Gasteiger partial charge >= 0.3 is 0 Å². The third-order valence-corrected chi connectivity index (χ3v) is 4.64. The van der Waals surface area contributed by atoms with E-state index in [4.69, 9.17) is 6.42 Å². The number of aryl methyl sites for hydroxylation is 2. The Morgan fingerprint density at radius 2 is 2.21 bits per heavy atom. The molecule has 4 rings (SSSR count). The lowest BCUT2D eigenvalue weighted by Gasteiger charge is -2.05. The van der Waals surface area contributed by atoms with Gasteiger partial charge in [-0.1, -0.05) is 18.1 Å². The van der Waals surface area contributed by atoms with Gasteiger partial charge in [-0.15, -0.1) is 6.42 Å². The molecule has 0 saturated heterocycles. The molecule has 0 radical (unpaired) electrons. The summed E-state index contributed by atoms with van der Waals surface area (Å²) in [6, 6.07) is 7.21. The van der Waals surface area contributed by atoms with Crippen LogP contribution in [0.4, 0.5) is 0 Å². The van der Waals surface area contributed by atoms with Crippen LogP contribution in [0.15, 0.2) is 35.3 Å². The average molecular weight is 374 g/mol. The van der Waals surface area contributed by atoms with Crippen molar-refractivity contribution in [1.82, 2.24) is 29.7 Å². The SMILES string of the molecule is C#CCNC(=O)c1c(C)[nH]n2c(=O)cc(-c3cccc4c3cnn4CC)nc12. The second kappa shape index (κ2) is 6.70. The molecule has 4 aromatic rings. The molecule has 0 saturated carbocycles. The molecule has 1 aromatic carbocycles. The van der Waals surface area contributed by atoms with Crippen LogP contribution in [0, 0.1) is 19.3 Å². The Kier molecular flexibility index (Phi) is 4.20. The van der Waals surface area contributed by atoms with Crippen molar-refractivity contribution in [1.29, 1.82) is 0 Å². The van der Waals surface area contributed by atoms with Gasteiger partial charge in [0.05, 0.1) is 24.0 Å². The number of carbonyl (C=O) groups is 1. The molecule has 1 amide bonds. The van der Waals surface area contributed by atoms with Gasteiger partial charge in [-0.3, -0.25) is 19.4 Å². The highest BCUT2D eigenvalue weighted by Crippen LogP contribution is 2.27. The predicted octanol–water partition coefficient (Wildman–Crippen LogP) is 1.73. The molecular formula is C20H18N6O2. The number of aromatic nitrogens is 5. The lowest BCUT2D eigenvalue weighted by molar-refractivity contribution is 0.0959. The second-order valence-electron chi connectivity index (χ2n) is 6.34. The number of H-pyrrole nitrogens is 1. The Labute approximate surface area is 160 Å². The molecule has 8 heteroatoms.